The third-order valence-electron chi connectivity index (χ3n) is 1.63. The van der Waals surface area contributed by atoms with Gasteiger partial charge in [-0.3, -0.25) is 0 Å². The summed E-state index contributed by atoms with van der Waals surface area (Å²) in [6.07, 6.45) is 0. The normalized spacial score (nSPS) is 13.0. The Morgan fingerprint density at radius 2 is 1.85 bits per heavy atom. The van der Waals surface area contributed by atoms with E-state index >= 15 is 0 Å². The molecule has 1 atom stereocenters. The minimum absolute atomic E-state index is 0.418. The predicted molar refractivity (Wildman–Crippen MR) is 40.6 cm³/mol. The lowest BCUT2D eigenvalue weighted by Gasteiger charge is -2.10. The van der Waals surface area contributed by atoms with Gasteiger partial charge >= 0.3 is 0 Å². The van der Waals surface area contributed by atoms with Crippen molar-refractivity contribution in [2.45, 2.75) is 13.0 Å². The highest BCUT2D eigenvalue weighted by Crippen LogP contribution is 2.28. The van der Waals surface area contributed by atoms with Gasteiger partial charge < -0.3 is 10.8 Å². The maximum absolute atomic E-state index is 12.9. The third kappa shape index (κ3) is 1.60. The number of phenols is 1. The monoisotopic (exact) mass is 191 g/mol. The van der Waals surface area contributed by atoms with Crippen molar-refractivity contribution >= 4 is 0 Å². The van der Waals surface area contributed by atoms with Crippen molar-refractivity contribution in [3.63, 3.8) is 0 Å². The predicted octanol–water partition coefficient (Wildman–Crippen LogP) is 1.83. The number of halogens is 3. The van der Waals surface area contributed by atoms with E-state index in [1.54, 1.807) is 0 Å². The average Bonchev–Trinajstić information content (AvgIpc) is 1.99. The highest BCUT2D eigenvalue weighted by atomic mass is 19.2. The van der Waals surface area contributed by atoms with Crippen LogP contribution in [0, 0.1) is 17.5 Å². The van der Waals surface area contributed by atoms with Gasteiger partial charge in [0.15, 0.2) is 17.5 Å². The zero-order valence-corrected chi connectivity index (χ0v) is 6.81. The van der Waals surface area contributed by atoms with Crippen LogP contribution in [0.15, 0.2) is 6.07 Å². The molecule has 0 saturated carbocycles. The Bertz CT molecular complexity index is 339. The van der Waals surface area contributed by atoms with Gasteiger partial charge in [-0.2, -0.15) is 0 Å². The van der Waals surface area contributed by atoms with Gasteiger partial charge in [0.05, 0.1) is 0 Å². The molecule has 5 heteroatoms. The second kappa shape index (κ2) is 3.26. The number of hydrogen-bond donors (Lipinski definition) is 2. The molecule has 72 valence electrons. The first kappa shape index (κ1) is 9.85. The van der Waals surface area contributed by atoms with E-state index in [9.17, 15) is 13.2 Å². The standard InChI is InChI=1S/C8H8F3NO/c1-3(12)6-5(13)2-4(9)7(10)8(6)11/h2-3,13H,12H2,1H3/t3-/m0/s1. The summed E-state index contributed by atoms with van der Waals surface area (Å²) in [4.78, 5) is 0. The SMILES string of the molecule is C[C@H](N)c1c(O)cc(F)c(F)c1F. The molecule has 0 unspecified atom stereocenters. The molecule has 2 nitrogen and oxygen atoms in total. The molecule has 0 spiro atoms. The summed E-state index contributed by atoms with van der Waals surface area (Å²) in [5, 5.41) is 9.04. The van der Waals surface area contributed by atoms with Crippen LogP contribution in [0.3, 0.4) is 0 Å². The molecule has 1 aromatic rings. The second-order valence-corrected chi connectivity index (χ2v) is 2.71. The van der Waals surface area contributed by atoms with Crippen LogP contribution in [0.4, 0.5) is 13.2 Å². The molecule has 13 heavy (non-hydrogen) atoms. The number of phenolic OH excluding ortho intramolecular Hbond substituents is 1. The Kier molecular flexibility index (Phi) is 2.47. The smallest absolute Gasteiger partial charge is 0.195 e. The van der Waals surface area contributed by atoms with E-state index in [2.05, 4.69) is 0 Å². The zero-order valence-electron chi connectivity index (χ0n) is 6.81. The summed E-state index contributed by atoms with van der Waals surface area (Å²) in [7, 11) is 0. The molecule has 3 N–H and O–H groups in total. The summed E-state index contributed by atoms with van der Waals surface area (Å²) < 4.78 is 38.0. The van der Waals surface area contributed by atoms with E-state index < -0.39 is 34.8 Å². The van der Waals surface area contributed by atoms with Crippen LogP contribution in [0.1, 0.15) is 18.5 Å². The fourth-order valence-electron chi connectivity index (χ4n) is 1.03. The molecule has 0 aliphatic heterocycles. The van der Waals surface area contributed by atoms with Crippen molar-refractivity contribution in [3.05, 3.63) is 29.1 Å². The Morgan fingerprint density at radius 1 is 1.31 bits per heavy atom. The van der Waals surface area contributed by atoms with Crippen molar-refractivity contribution in [3.8, 4) is 5.75 Å². The highest BCUT2D eigenvalue weighted by molar-refractivity contribution is 5.36. The van der Waals surface area contributed by atoms with E-state index in [0.717, 1.165) is 0 Å². The van der Waals surface area contributed by atoms with Gasteiger partial charge in [0.1, 0.15) is 5.75 Å². The van der Waals surface area contributed by atoms with E-state index in [0.29, 0.717) is 6.07 Å². The molecular weight excluding hydrogens is 183 g/mol. The van der Waals surface area contributed by atoms with Gasteiger partial charge in [0.25, 0.3) is 0 Å². The number of benzene rings is 1. The van der Waals surface area contributed by atoms with Gasteiger partial charge in [0, 0.05) is 17.7 Å². The molecule has 0 bridgehead atoms. The van der Waals surface area contributed by atoms with Crippen molar-refractivity contribution in [2.75, 3.05) is 0 Å². The molecule has 0 aliphatic carbocycles. The topological polar surface area (TPSA) is 46.2 Å². The zero-order chi connectivity index (χ0) is 10.2. The highest BCUT2D eigenvalue weighted by Gasteiger charge is 2.20. The summed E-state index contributed by atoms with van der Waals surface area (Å²) in [5.74, 6) is -5.16. The van der Waals surface area contributed by atoms with E-state index in [4.69, 9.17) is 10.8 Å². The minimum atomic E-state index is -1.62. The first-order valence-corrected chi connectivity index (χ1v) is 3.57. The van der Waals surface area contributed by atoms with Crippen molar-refractivity contribution in [1.82, 2.24) is 0 Å². The van der Waals surface area contributed by atoms with Crippen molar-refractivity contribution < 1.29 is 18.3 Å². The molecule has 0 aliphatic rings. The lowest BCUT2D eigenvalue weighted by atomic mass is 10.1. The first-order chi connectivity index (χ1) is 5.95. The van der Waals surface area contributed by atoms with Crippen LogP contribution < -0.4 is 5.73 Å². The van der Waals surface area contributed by atoms with Crippen molar-refractivity contribution in [1.29, 1.82) is 0 Å². The Labute approximate surface area is 72.8 Å². The van der Waals surface area contributed by atoms with Gasteiger partial charge in [-0.1, -0.05) is 0 Å². The lowest BCUT2D eigenvalue weighted by molar-refractivity contribution is 0.403. The Hall–Kier alpha value is -1.23. The summed E-state index contributed by atoms with van der Waals surface area (Å²) in [6, 6.07) is -0.396. The number of aromatic hydroxyl groups is 1. The van der Waals surface area contributed by atoms with Gasteiger partial charge in [-0.25, -0.2) is 13.2 Å². The van der Waals surface area contributed by atoms with Gasteiger partial charge in [0.2, 0.25) is 0 Å². The maximum atomic E-state index is 12.9. The van der Waals surface area contributed by atoms with Gasteiger partial charge in [-0.15, -0.1) is 0 Å². The van der Waals surface area contributed by atoms with Crippen LogP contribution in [0.25, 0.3) is 0 Å². The van der Waals surface area contributed by atoms with E-state index in [1.807, 2.05) is 0 Å². The molecule has 0 saturated heterocycles. The van der Waals surface area contributed by atoms with Crippen molar-refractivity contribution in [2.24, 2.45) is 5.73 Å². The average molecular weight is 191 g/mol. The lowest BCUT2D eigenvalue weighted by Crippen LogP contribution is -2.10. The molecule has 0 fully saturated rings. The van der Waals surface area contributed by atoms with Crippen LogP contribution >= 0.6 is 0 Å². The van der Waals surface area contributed by atoms with Crippen LogP contribution in [-0.4, -0.2) is 5.11 Å². The van der Waals surface area contributed by atoms with E-state index in [1.165, 1.54) is 6.92 Å². The maximum Gasteiger partial charge on any atom is 0.195 e. The number of rotatable bonds is 1. The molecule has 0 aromatic heterocycles. The van der Waals surface area contributed by atoms with Crippen LogP contribution in [0.5, 0.6) is 5.75 Å². The molecule has 0 radical (unpaired) electrons. The molecular formula is C8H8F3NO. The van der Waals surface area contributed by atoms with Crippen LogP contribution in [0.2, 0.25) is 0 Å². The largest absolute Gasteiger partial charge is 0.507 e. The Morgan fingerprint density at radius 3 is 2.31 bits per heavy atom. The minimum Gasteiger partial charge on any atom is -0.507 e. The number of nitrogens with two attached hydrogens (primary N) is 1. The van der Waals surface area contributed by atoms with Gasteiger partial charge in [-0.05, 0) is 6.92 Å². The molecule has 0 amide bonds. The molecule has 1 aromatic carbocycles. The molecule has 1 rings (SSSR count). The Balaban J connectivity index is 3.44. The summed E-state index contributed by atoms with van der Waals surface area (Å²) in [6.45, 7) is 1.36. The fourth-order valence-corrected chi connectivity index (χ4v) is 1.03. The quantitative estimate of drug-likeness (QED) is 0.665. The summed E-state index contributed by atoms with van der Waals surface area (Å²) in [5.41, 5.74) is 4.83. The van der Waals surface area contributed by atoms with E-state index in [-0.39, 0.29) is 0 Å². The second-order valence-electron chi connectivity index (χ2n) is 2.71. The fraction of sp³-hybridized carbons (Fsp3) is 0.250. The third-order valence-corrected chi connectivity index (χ3v) is 1.63. The summed E-state index contributed by atoms with van der Waals surface area (Å²) >= 11 is 0. The van der Waals surface area contributed by atoms with Crippen LogP contribution in [-0.2, 0) is 0 Å². The first-order valence-electron chi connectivity index (χ1n) is 3.57. The molecule has 0 heterocycles. The number of hydrogen-bond acceptors (Lipinski definition) is 2.